The number of aryl methyl sites for hydroxylation is 1. The van der Waals surface area contributed by atoms with E-state index in [0.717, 1.165) is 0 Å². The van der Waals surface area contributed by atoms with E-state index in [-0.39, 0.29) is 11.4 Å². The molecule has 0 fully saturated rings. The summed E-state index contributed by atoms with van der Waals surface area (Å²) in [6.07, 6.45) is -0.719. The number of aliphatic hydroxyl groups excluding tert-OH is 1. The second-order valence-electron chi connectivity index (χ2n) is 3.61. The topological polar surface area (TPSA) is 66.4 Å². The Kier molecular flexibility index (Phi) is 4.32. The predicted octanol–water partition coefficient (Wildman–Crippen LogP) is 1.31. The highest BCUT2D eigenvalue weighted by Gasteiger charge is 2.15. The molecule has 16 heavy (non-hydrogen) atoms. The summed E-state index contributed by atoms with van der Waals surface area (Å²) in [7, 11) is -3.56. The van der Waals surface area contributed by atoms with Gasteiger partial charge in [-0.2, -0.15) is 0 Å². The van der Waals surface area contributed by atoms with E-state index in [0.29, 0.717) is 10.6 Å². The maximum absolute atomic E-state index is 11.7. The molecule has 0 spiro atoms. The Morgan fingerprint density at radius 1 is 1.50 bits per heavy atom. The third-order valence-electron chi connectivity index (χ3n) is 2.01. The standard InChI is InChI=1S/C10H14ClNO3S/c1-7-5-9(3-4-10(7)11)16(14,15)12-6-8(2)13/h3-5,8,12-13H,6H2,1-2H3/t8-/m1/s1. The van der Waals surface area contributed by atoms with Crippen molar-refractivity contribution in [1.29, 1.82) is 0 Å². The minimum absolute atomic E-state index is 0.00991. The van der Waals surface area contributed by atoms with Gasteiger partial charge in [-0.15, -0.1) is 0 Å². The zero-order valence-corrected chi connectivity index (χ0v) is 10.6. The summed E-state index contributed by atoms with van der Waals surface area (Å²) >= 11 is 5.80. The van der Waals surface area contributed by atoms with Gasteiger partial charge < -0.3 is 5.11 Å². The number of halogens is 1. The van der Waals surface area contributed by atoms with Gasteiger partial charge in [0, 0.05) is 11.6 Å². The molecule has 1 aromatic rings. The van der Waals surface area contributed by atoms with E-state index in [9.17, 15) is 8.42 Å². The fourth-order valence-electron chi connectivity index (χ4n) is 1.10. The molecule has 0 heterocycles. The van der Waals surface area contributed by atoms with Crippen molar-refractivity contribution in [2.24, 2.45) is 0 Å². The van der Waals surface area contributed by atoms with Crippen molar-refractivity contribution in [3.63, 3.8) is 0 Å². The first-order valence-corrected chi connectivity index (χ1v) is 6.63. The van der Waals surface area contributed by atoms with Crippen LogP contribution in [0.3, 0.4) is 0 Å². The molecule has 0 saturated heterocycles. The molecule has 2 N–H and O–H groups in total. The molecule has 0 aliphatic rings. The van der Waals surface area contributed by atoms with Crippen LogP contribution in [0.2, 0.25) is 5.02 Å². The molecule has 0 radical (unpaired) electrons. The fourth-order valence-corrected chi connectivity index (χ4v) is 2.42. The molecule has 90 valence electrons. The van der Waals surface area contributed by atoms with Gasteiger partial charge in [-0.3, -0.25) is 0 Å². The molecular formula is C10H14ClNO3S. The lowest BCUT2D eigenvalue weighted by Gasteiger charge is -2.09. The van der Waals surface area contributed by atoms with Crippen LogP contribution < -0.4 is 4.72 Å². The summed E-state index contributed by atoms with van der Waals surface area (Å²) in [5.41, 5.74) is 0.696. The second-order valence-corrected chi connectivity index (χ2v) is 5.79. The Morgan fingerprint density at radius 2 is 2.12 bits per heavy atom. The van der Waals surface area contributed by atoms with Crippen molar-refractivity contribution in [3.05, 3.63) is 28.8 Å². The Bertz CT molecular complexity index is 471. The van der Waals surface area contributed by atoms with Crippen LogP contribution in [0.1, 0.15) is 12.5 Å². The average Bonchev–Trinajstić information content (AvgIpc) is 2.19. The van der Waals surface area contributed by atoms with Crippen molar-refractivity contribution in [2.75, 3.05) is 6.54 Å². The molecule has 6 heteroatoms. The van der Waals surface area contributed by atoms with Gasteiger partial charge in [0.1, 0.15) is 0 Å². The third-order valence-corrected chi connectivity index (χ3v) is 3.85. The fraction of sp³-hybridized carbons (Fsp3) is 0.400. The summed E-state index contributed by atoms with van der Waals surface area (Å²) in [4.78, 5) is 0.148. The zero-order valence-electron chi connectivity index (χ0n) is 9.07. The Balaban J connectivity index is 2.94. The van der Waals surface area contributed by atoms with Crippen LogP contribution in [0.25, 0.3) is 0 Å². The highest BCUT2D eigenvalue weighted by Crippen LogP contribution is 2.19. The number of sulfonamides is 1. The zero-order chi connectivity index (χ0) is 12.3. The number of aliphatic hydroxyl groups is 1. The molecule has 1 atom stereocenters. The summed E-state index contributed by atoms with van der Waals surface area (Å²) < 4.78 is 25.8. The Hall–Kier alpha value is -0.620. The highest BCUT2D eigenvalue weighted by molar-refractivity contribution is 7.89. The first kappa shape index (κ1) is 13.4. The molecule has 0 unspecified atom stereocenters. The molecule has 0 aromatic heterocycles. The van der Waals surface area contributed by atoms with Gasteiger partial charge in [0.2, 0.25) is 10.0 Å². The number of benzene rings is 1. The van der Waals surface area contributed by atoms with Crippen LogP contribution in [-0.2, 0) is 10.0 Å². The van der Waals surface area contributed by atoms with Crippen molar-refractivity contribution in [3.8, 4) is 0 Å². The monoisotopic (exact) mass is 263 g/mol. The van der Waals surface area contributed by atoms with Gasteiger partial charge in [-0.1, -0.05) is 11.6 Å². The van der Waals surface area contributed by atoms with E-state index in [1.54, 1.807) is 6.92 Å². The summed E-state index contributed by atoms with van der Waals surface area (Å²) in [5.74, 6) is 0. The minimum Gasteiger partial charge on any atom is -0.392 e. The quantitative estimate of drug-likeness (QED) is 0.861. The Labute approximate surface area is 100 Å². The summed E-state index contributed by atoms with van der Waals surface area (Å²) in [5, 5.41) is 9.54. The van der Waals surface area contributed by atoms with Crippen LogP contribution in [-0.4, -0.2) is 26.2 Å². The molecule has 1 rings (SSSR count). The summed E-state index contributed by atoms with van der Waals surface area (Å²) in [6.45, 7) is 3.23. The average molecular weight is 264 g/mol. The van der Waals surface area contributed by atoms with Crippen LogP contribution in [0.4, 0.5) is 0 Å². The highest BCUT2D eigenvalue weighted by atomic mass is 35.5. The molecule has 0 amide bonds. The largest absolute Gasteiger partial charge is 0.392 e. The van der Waals surface area contributed by atoms with Crippen molar-refractivity contribution >= 4 is 21.6 Å². The van der Waals surface area contributed by atoms with Gasteiger partial charge in [-0.05, 0) is 37.6 Å². The maximum atomic E-state index is 11.7. The van der Waals surface area contributed by atoms with Crippen LogP contribution >= 0.6 is 11.6 Å². The minimum atomic E-state index is -3.56. The van der Waals surface area contributed by atoms with Gasteiger partial charge in [0.15, 0.2) is 0 Å². The van der Waals surface area contributed by atoms with Crippen LogP contribution in [0.5, 0.6) is 0 Å². The van der Waals surface area contributed by atoms with E-state index in [2.05, 4.69) is 4.72 Å². The van der Waals surface area contributed by atoms with Crippen molar-refractivity contribution in [1.82, 2.24) is 4.72 Å². The van der Waals surface area contributed by atoms with Crippen molar-refractivity contribution in [2.45, 2.75) is 24.8 Å². The van der Waals surface area contributed by atoms with E-state index >= 15 is 0 Å². The Morgan fingerprint density at radius 3 is 2.62 bits per heavy atom. The summed E-state index contributed by atoms with van der Waals surface area (Å²) in [6, 6.07) is 4.46. The van der Waals surface area contributed by atoms with Gasteiger partial charge in [-0.25, -0.2) is 13.1 Å². The first-order chi connectivity index (χ1) is 7.33. The molecule has 0 aliphatic heterocycles. The lowest BCUT2D eigenvalue weighted by molar-refractivity contribution is 0.198. The lowest BCUT2D eigenvalue weighted by atomic mass is 10.2. The number of hydrogen-bond acceptors (Lipinski definition) is 3. The number of hydrogen-bond donors (Lipinski definition) is 2. The smallest absolute Gasteiger partial charge is 0.240 e. The van der Waals surface area contributed by atoms with E-state index in [1.807, 2.05) is 0 Å². The molecule has 1 aromatic carbocycles. The van der Waals surface area contributed by atoms with Crippen molar-refractivity contribution < 1.29 is 13.5 Å². The molecule has 4 nitrogen and oxygen atoms in total. The van der Waals surface area contributed by atoms with E-state index in [4.69, 9.17) is 16.7 Å². The lowest BCUT2D eigenvalue weighted by Crippen LogP contribution is -2.30. The molecule has 0 aliphatic carbocycles. The SMILES string of the molecule is Cc1cc(S(=O)(=O)NC[C@@H](C)O)ccc1Cl. The molecule has 0 saturated carbocycles. The van der Waals surface area contributed by atoms with Gasteiger partial charge in [0.25, 0.3) is 0 Å². The normalized spacial score (nSPS) is 13.8. The third kappa shape index (κ3) is 3.45. The predicted molar refractivity (Wildman–Crippen MR) is 63.1 cm³/mol. The number of nitrogens with one attached hydrogen (secondary N) is 1. The van der Waals surface area contributed by atoms with Crippen LogP contribution in [0, 0.1) is 6.92 Å². The van der Waals surface area contributed by atoms with Gasteiger partial charge in [0.05, 0.1) is 11.0 Å². The van der Waals surface area contributed by atoms with Crippen LogP contribution in [0.15, 0.2) is 23.1 Å². The number of rotatable bonds is 4. The molecule has 0 bridgehead atoms. The first-order valence-electron chi connectivity index (χ1n) is 4.77. The van der Waals surface area contributed by atoms with E-state index in [1.165, 1.54) is 25.1 Å². The van der Waals surface area contributed by atoms with Gasteiger partial charge >= 0.3 is 0 Å². The second kappa shape index (κ2) is 5.14. The van der Waals surface area contributed by atoms with E-state index < -0.39 is 16.1 Å². The maximum Gasteiger partial charge on any atom is 0.240 e. The molecular weight excluding hydrogens is 250 g/mol.